The first kappa shape index (κ1) is 20.5. The van der Waals surface area contributed by atoms with Crippen LogP contribution in [0.4, 0.5) is 0 Å². The highest BCUT2D eigenvalue weighted by atomic mass is 16.7. The summed E-state index contributed by atoms with van der Waals surface area (Å²) < 4.78 is 10.7. The number of aliphatic hydroxyl groups excluding tert-OH is 4. The van der Waals surface area contributed by atoms with E-state index < -0.39 is 37.3 Å². The van der Waals surface area contributed by atoms with Gasteiger partial charge in [0.25, 0.3) is 0 Å². The predicted octanol–water partition coefficient (Wildman–Crippen LogP) is -0.474. The van der Waals surface area contributed by atoms with Crippen molar-refractivity contribution < 1.29 is 34.7 Å². The van der Waals surface area contributed by atoms with Crippen LogP contribution in [0.1, 0.15) is 44.9 Å². The molecule has 0 spiro atoms. The fourth-order valence-electron chi connectivity index (χ4n) is 6.48. The van der Waals surface area contributed by atoms with Gasteiger partial charge in [0.1, 0.15) is 24.4 Å². The first-order valence-corrected chi connectivity index (χ1v) is 10.6. The molecule has 5 atom stereocenters. The van der Waals surface area contributed by atoms with Gasteiger partial charge < -0.3 is 35.2 Å². The number of nitrogens with one attached hydrogen (secondary N) is 1. The Morgan fingerprint density at radius 1 is 1.00 bits per heavy atom. The molecule has 1 amide bonds. The molecule has 5 aliphatic rings. The van der Waals surface area contributed by atoms with Crippen molar-refractivity contribution in [3.63, 3.8) is 0 Å². The van der Waals surface area contributed by atoms with Crippen LogP contribution in [0.15, 0.2) is 0 Å². The molecule has 1 heterocycles. The molecule has 160 valence electrons. The maximum atomic E-state index is 12.5. The summed E-state index contributed by atoms with van der Waals surface area (Å²) in [6, 6.07) is 0. The van der Waals surface area contributed by atoms with Gasteiger partial charge in [-0.3, -0.25) is 4.79 Å². The lowest BCUT2D eigenvalue weighted by Gasteiger charge is -2.56. The maximum Gasteiger partial charge on any atom is 0.220 e. The normalized spacial score (nSPS) is 47.3. The number of hydrogen-bond acceptors (Lipinski definition) is 7. The first-order valence-electron chi connectivity index (χ1n) is 10.6. The summed E-state index contributed by atoms with van der Waals surface area (Å²) in [5.41, 5.74) is 0.191. The smallest absolute Gasteiger partial charge is 0.220 e. The Balaban J connectivity index is 1.20. The van der Waals surface area contributed by atoms with Gasteiger partial charge in [0.15, 0.2) is 6.29 Å². The van der Waals surface area contributed by atoms with Crippen molar-refractivity contribution in [2.75, 3.05) is 19.8 Å². The monoisotopic (exact) mass is 399 g/mol. The van der Waals surface area contributed by atoms with Crippen molar-refractivity contribution in [2.45, 2.75) is 75.7 Å². The quantitative estimate of drug-likeness (QED) is 0.366. The molecule has 0 aromatic rings. The standard InChI is InChI=1S/C20H33NO7/c22-10-14-16(24)17(25)18(26)19(28-14)27-2-1-21-15(23)9-20-6-11-3-12(7-20)5-13(4-11)8-20/h11-14,16-19,22,24-26H,1-10H2,(H,21,23)/t11?,12?,13?,14?,16-,17+,18?,19-,20?/m0/s1. The second kappa shape index (κ2) is 8.16. The summed E-state index contributed by atoms with van der Waals surface area (Å²) in [4.78, 5) is 12.5. The van der Waals surface area contributed by atoms with Gasteiger partial charge in [0, 0.05) is 13.0 Å². The Labute approximate surface area is 165 Å². The average Bonchev–Trinajstić information content (AvgIpc) is 2.63. The lowest BCUT2D eigenvalue weighted by molar-refractivity contribution is -0.300. The van der Waals surface area contributed by atoms with E-state index in [1.54, 1.807) is 0 Å². The summed E-state index contributed by atoms with van der Waals surface area (Å²) in [6.07, 6.45) is 1.79. The van der Waals surface area contributed by atoms with Crippen LogP contribution in [0.25, 0.3) is 0 Å². The zero-order valence-electron chi connectivity index (χ0n) is 16.2. The van der Waals surface area contributed by atoms with E-state index in [9.17, 15) is 25.2 Å². The highest BCUT2D eigenvalue weighted by Crippen LogP contribution is 2.61. The van der Waals surface area contributed by atoms with Gasteiger partial charge in [-0.25, -0.2) is 0 Å². The molecule has 8 heteroatoms. The van der Waals surface area contributed by atoms with Gasteiger partial charge in [-0.05, 0) is 61.7 Å². The molecule has 2 unspecified atom stereocenters. The van der Waals surface area contributed by atoms with Crippen LogP contribution in [0.5, 0.6) is 0 Å². The lowest BCUT2D eigenvalue weighted by Crippen LogP contribution is -2.59. The Hall–Kier alpha value is -0.770. The molecule has 28 heavy (non-hydrogen) atoms. The third-order valence-electron chi connectivity index (χ3n) is 7.26. The molecule has 8 nitrogen and oxygen atoms in total. The minimum atomic E-state index is -1.46. The van der Waals surface area contributed by atoms with Crippen molar-refractivity contribution in [3.8, 4) is 0 Å². The Morgan fingerprint density at radius 2 is 1.61 bits per heavy atom. The molecule has 4 bridgehead atoms. The minimum Gasteiger partial charge on any atom is -0.394 e. The molecule has 0 radical (unpaired) electrons. The summed E-state index contributed by atoms with van der Waals surface area (Å²) in [7, 11) is 0. The molecule has 5 fully saturated rings. The third kappa shape index (κ3) is 4.08. The lowest BCUT2D eigenvalue weighted by atomic mass is 9.49. The van der Waals surface area contributed by atoms with E-state index in [0.29, 0.717) is 6.42 Å². The highest BCUT2D eigenvalue weighted by molar-refractivity contribution is 5.76. The molecular weight excluding hydrogens is 366 g/mol. The summed E-state index contributed by atoms with van der Waals surface area (Å²) >= 11 is 0. The fourth-order valence-corrected chi connectivity index (χ4v) is 6.48. The number of carbonyl (C=O) groups excluding carboxylic acids is 1. The van der Waals surface area contributed by atoms with Crippen LogP contribution < -0.4 is 5.32 Å². The number of rotatable bonds is 7. The zero-order valence-corrected chi connectivity index (χ0v) is 16.2. The average molecular weight is 399 g/mol. The fraction of sp³-hybridized carbons (Fsp3) is 0.950. The molecule has 4 saturated carbocycles. The van der Waals surface area contributed by atoms with Crippen LogP contribution in [-0.4, -0.2) is 76.8 Å². The summed E-state index contributed by atoms with van der Waals surface area (Å²) in [5.74, 6) is 2.48. The molecule has 1 aliphatic heterocycles. The topological polar surface area (TPSA) is 128 Å². The molecule has 0 aromatic carbocycles. The Bertz CT molecular complexity index is 533. The third-order valence-corrected chi connectivity index (χ3v) is 7.26. The number of amides is 1. The van der Waals surface area contributed by atoms with Crippen molar-refractivity contribution in [3.05, 3.63) is 0 Å². The van der Waals surface area contributed by atoms with E-state index in [2.05, 4.69) is 5.32 Å². The zero-order chi connectivity index (χ0) is 19.9. The number of ether oxygens (including phenoxy) is 2. The van der Waals surface area contributed by atoms with Crippen LogP contribution in [0, 0.1) is 23.2 Å². The Morgan fingerprint density at radius 3 is 2.18 bits per heavy atom. The highest BCUT2D eigenvalue weighted by Gasteiger charge is 2.51. The van der Waals surface area contributed by atoms with E-state index in [1.165, 1.54) is 38.5 Å². The molecular formula is C20H33NO7. The Kier molecular flexibility index (Phi) is 5.98. The van der Waals surface area contributed by atoms with Gasteiger partial charge in [-0.15, -0.1) is 0 Å². The van der Waals surface area contributed by atoms with Crippen LogP contribution in [-0.2, 0) is 14.3 Å². The van der Waals surface area contributed by atoms with E-state index in [-0.39, 0.29) is 24.5 Å². The van der Waals surface area contributed by atoms with Crippen LogP contribution in [0.3, 0.4) is 0 Å². The molecule has 0 aromatic heterocycles. The largest absolute Gasteiger partial charge is 0.394 e. The molecule has 4 aliphatic carbocycles. The van der Waals surface area contributed by atoms with Crippen LogP contribution in [0.2, 0.25) is 0 Å². The van der Waals surface area contributed by atoms with Gasteiger partial charge in [-0.1, -0.05) is 0 Å². The maximum absolute atomic E-state index is 12.5. The van der Waals surface area contributed by atoms with E-state index in [1.807, 2.05) is 0 Å². The molecule has 5 N–H and O–H groups in total. The van der Waals surface area contributed by atoms with Crippen molar-refractivity contribution in [1.29, 1.82) is 0 Å². The van der Waals surface area contributed by atoms with Gasteiger partial charge in [-0.2, -0.15) is 0 Å². The van der Waals surface area contributed by atoms with E-state index >= 15 is 0 Å². The number of aliphatic hydroxyl groups is 4. The SMILES string of the molecule is O=C(CC12CC3CC(CC(C3)C1)C2)NCCO[C@H]1OC(CO)[C@H](O)[C@@H](O)C1O. The number of hydrogen-bond donors (Lipinski definition) is 5. The van der Waals surface area contributed by atoms with E-state index in [4.69, 9.17) is 9.47 Å². The summed E-state index contributed by atoms with van der Waals surface area (Å²) in [6.45, 7) is -0.109. The second-order valence-corrected chi connectivity index (χ2v) is 9.51. The van der Waals surface area contributed by atoms with E-state index in [0.717, 1.165) is 17.8 Å². The van der Waals surface area contributed by atoms with Crippen molar-refractivity contribution >= 4 is 5.91 Å². The van der Waals surface area contributed by atoms with Crippen molar-refractivity contribution in [2.24, 2.45) is 23.2 Å². The minimum absolute atomic E-state index is 0.0411. The first-order chi connectivity index (χ1) is 13.4. The predicted molar refractivity (Wildman–Crippen MR) is 98.0 cm³/mol. The van der Waals surface area contributed by atoms with Crippen LogP contribution >= 0.6 is 0 Å². The molecule has 5 rings (SSSR count). The van der Waals surface area contributed by atoms with Gasteiger partial charge >= 0.3 is 0 Å². The number of carbonyl (C=O) groups is 1. The summed E-state index contributed by atoms with van der Waals surface area (Å²) in [5, 5.41) is 41.5. The molecule has 1 saturated heterocycles. The van der Waals surface area contributed by atoms with Gasteiger partial charge in [0.2, 0.25) is 5.91 Å². The van der Waals surface area contributed by atoms with Crippen molar-refractivity contribution in [1.82, 2.24) is 5.32 Å². The second-order valence-electron chi connectivity index (χ2n) is 9.51. The van der Waals surface area contributed by atoms with Gasteiger partial charge in [0.05, 0.1) is 13.2 Å².